The van der Waals surface area contributed by atoms with Crippen molar-refractivity contribution in [1.82, 2.24) is 14.9 Å². The quantitative estimate of drug-likeness (QED) is 0.869. The van der Waals surface area contributed by atoms with Crippen LogP contribution in [0.3, 0.4) is 0 Å². The van der Waals surface area contributed by atoms with Crippen LogP contribution in [0.4, 0.5) is 0 Å². The van der Waals surface area contributed by atoms with Crippen LogP contribution in [0.5, 0.6) is 0 Å². The van der Waals surface area contributed by atoms with Gasteiger partial charge in [0.15, 0.2) is 0 Å². The first kappa shape index (κ1) is 12.2. The van der Waals surface area contributed by atoms with Gasteiger partial charge in [0.25, 0.3) is 0 Å². The first-order chi connectivity index (χ1) is 8.13. The van der Waals surface area contributed by atoms with E-state index < -0.39 is 0 Å². The number of carbonyl (C=O) groups excluding carboxylic acids is 1. The molecule has 0 aliphatic rings. The molecule has 0 spiro atoms. The van der Waals surface area contributed by atoms with Gasteiger partial charge in [-0.1, -0.05) is 17.7 Å². The van der Waals surface area contributed by atoms with E-state index >= 15 is 0 Å². The Morgan fingerprint density at radius 3 is 2.94 bits per heavy atom. The largest absolute Gasteiger partial charge is 0.348 e. The summed E-state index contributed by atoms with van der Waals surface area (Å²) in [6.45, 7) is 0.340. The number of imidazole rings is 1. The topological polar surface area (TPSA) is 46.9 Å². The van der Waals surface area contributed by atoms with E-state index in [0.717, 1.165) is 16.9 Å². The zero-order valence-corrected chi connectivity index (χ0v) is 10.7. The fourth-order valence-electron chi connectivity index (χ4n) is 1.65. The van der Waals surface area contributed by atoms with E-state index in [2.05, 4.69) is 10.3 Å². The standard InChI is InChI=1S/C11H11Cl2N3O/c1-16-9(6-14-10(17)5-12)15-8-4-2-3-7(13)11(8)16/h2-4H,5-6H2,1H3,(H,14,17). The van der Waals surface area contributed by atoms with E-state index in [0.29, 0.717) is 11.6 Å². The Morgan fingerprint density at radius 1 is 1.53 bits per heavy atom. The third kappa shape index (κ3) is 2.37. The van der Waals surface area contributed by atoms with Crippen LogP contribution in [0, 0.1) is 0 Å². The van der Waals surface area contributed by atoms with Crippen LogP contribution in [0.1, 0.15) is 5.82 Å². The maximum absolute atomic E-state index is 11.1. The van der Waals surface area contributed by atoms with E-state index in [9.17, 15) is 4.79 Å². The molecule has 1 aromatic carbocycles. The van der Waals surface area contributed by atoms with Crippen molar-refractivity contribution < 1.29 is 4.79 Å². The van der Waals surface area contributed by atoms with E-state index in [-0.39, 0.29) is 11.8 Å². The van der Waals surface area contributed by atoms with E-state index in [1.165, 1.54) is 0 Å². The summed E-state index contributed by atoms with van der Waals surface area (Å²) in [6.07, 6.45) is 0. The zero-order valence-electron chi connectivity index (χ0n) is 9.20. The van der Waals surface area contributed by atoms with Gasteiger partial charge in [0.1, 0.15) is 11.7 Å². The molecule has 1 heterocycles. The van der Waals surface area contributed by atoms with Crippen LogP contribution >= 0.6 is 23.2 Å². The molecule has 0 aliphatic heterocycles. The monoisotopic (exact) mass is 271 g/mol. The maximum atomic E-state index is 11.1. The molecule has 17 heavy (non-hydrogen) atoms. The van der Waals surface area contributed by atoms with Gasteiger partial charge in [0, 0.05) is 7.05 Å². The number of para-hydroxylation sites is 1. The minimum absolute atomic E-state index is 0.0509. The molecular formula is C11H11Cl2N3O. The molecule has 0 radical (unpaired) electrons. The molecule has 2 aromatic rings. The van der Waals surface area contributed by atoms with Crippen molar-refractivity contribution in [3.8, 4) is 0 Å². The molecule has 0 saturated carbocycles. The number of hydrogen-bond acceptors (Lipinski definition) is 2. The number of nitrogens with zero attached hydrogens (tertiary/aromatic N) is 2. The van der Waals surface area contributed by atoms with Gasteiger partial charge in [-0.15, -0.1) is 11.6 Å². The number of amides is 1. The van der Waals surface area contributed by atoms with E-state index in [4.69, 9.17) is 23.2 Å². The van der Waals surface area contributed by atoms with Crippen molar-refractivity contribution >= 4 is 40.1 Å². The summed E-state index contributed by atoms with van der Waals surface area (Å²) in [6, 6.07) is 5.54. The number of hydrogen-bond donors (Lipinski definition) is 1. The number of benzene rings is 1. The molecule has 0 aliphatic carbocycles. The van der Waals surface area contributed by atoms with Crippen molar-refractivity contribution in [2.75, 3.05) is 5.88 Å². The average molecular weight is 272 g/mol. The molecule has 1 amide bonds. The molecule has 6 heteroatoms. The third-order valence-electron chi connectivity index (χ3n) is 2.50. The molecule has 4 nitrogen and oxygen atoms in total. The highest BCUT2D eigenvalue weighted by Crippen LogP contribution is 2.23. The normalized spacial score (nSPS) is 10.8. The van der Waals surface area contributed by atoms with Gasteiger partial charge in [-0.25, -0.2) is 4.98 Å². The fraction of sp³-hybridized carbons (Fsp3) is 0.273. The van der Waals surface area contributed by atoms with Crippen LogP contribution in [0.2, 0.25) is 5.02 Å². The Bertz CT molecular complexity index is 565. The number of alkyl halides is 1. The number of aryl methyl sites for hydroxylation is 1. The lowest BCUT2D eigenvalue weighted by atomic mass is 10.3. The van der Waals surface area contributed by atoms with Gasteiger partial charge in [-0.2, -0.15) is 0 Å². The Labute approximate surface area is 109 Å². The Balaban J connectivity index is 2.33. The highest BCUT2D eigenvalue weighted by Gasteiger charge is 2.10. The van der Waals surface area contributed by atoms with Gasteiger partial charge < -0.3 is 9.88 Å². The highest BCUT2D eigenvalue weighted by molar-refractivity contribution is 6.35. The summed E-state index contributed by atoms with van der Waals surface area (Å²) in [7, 11) is 1.86. The van der Waals surface area contributed by atoms with E-state index in [1.54, 1.807) is 0 Å². The van der Waals surface area contributed by atoms with Crippen molar-refractivity contribution in [2.24, 2.45) is 7.05 Å². The molecule has 90 valence electrons. The van der Waals surface area contributed by atoms with Crippen LogP contribution in [0.15, 0.2) is 18.2 Å². The predicted molar refractivity (Wildman–Crippen MR) is 68.3 cm³/mol. The summed E-state index contributed by atoms with van der Waals surface area (Å²) in [4.78, 5) is 15.5. The van der Waals surface area contributed by atoms with Gasteiger partial charge in [0.05, 0.1) is 22.6 Å². The molecule has 0 saturated heterocycles. The van der Waals surface area contributed by atoms with Crippen LogP contribution in [-0.2, 0) is 18.4 Å². The van der Waals surface area contributed by atoms with Crippen molar-refractivity contribution in [2.45, 2.75) is 6.54 Å². The Morgan fingerprint density at radius 2 is 2.29 bits per heavy atom. The lowest BCUT2D eigenvalue weighted by molar-refractivity contribution is -0.118. The first-order valence-electron chi connectivity index (χ1n) is 5.06. The van der Waals surface area contributed by atoms with Gasteiger partial charge in [0.2, 0.25) is 5.91 Å². The summed E-state index contributed by atoms with van der Waals surface area (Å²) < 4.78 is 1.87. The van der Waals surface area contributed by atoms with Crippen molar-refractivity contribution in [1.29, 1.82) is 0 Å². The van der Waals surface area contributed by atoms with Gasteiger partial charge in [-0.05, 0) is 12.1 Å². The molecule has 0 fully saturated rings. The molecular weight excluding hydrogens is 261 g/mol. The number of aromatic nitrogens is 2. The fourth-order valence-corrected chi connectivity index (χ4v) is 2.04. The SMILES string of the molecule is Cn1c(CNC(=O)CCl)nc2cccc(Cl)c21. The predicted octanol–water partition coefficient (Wildman–Crippen LogP) is 2.08. The number of carbonyl (C=O) groups is 1. The van der Waals surface area contributed by atoms with Gasteiger partial charge in [-0.3, -0.25) is 4.79 Å². The van der Waals surface area contributed by atoms with Crippen LogP contribution in [-0.4, -0.2) is 21.3 Å². The molecule has 0 bridgehead atoms. The second-order valence-corrected chi connectivity index (χ2v) is 4.28. The highest BCUT2D eigenvalue weighted by atomic mass is 35.5. The Hall–Kier alpha value is -1.26. The summed E-state index contributed by atoms with van der Waals surface area (Å²) in [5.41, 5.74) is 1.68. The number of rotatable bonds is 3. The van der Waals surface area contributed by atoms with Crippen molar-refractivity contribution in [3.63, 3.8) is 0 Å². The molecule has 2 rings (SSSR count). The first-order valence-corrected chi connectivity index (χ1v) is 5.97. The van der Waals surface area contributed by atoms with E-state index in [1.807, 2.05) is 29.8 Å². The average Bonchev–Trinajstić information content (AvgIpc) is 2.64. The summed E-state index contributed by atoms with van der Waals surface area (Å²) in [5, 5.41) is 3.32. The third-order valence-corrected chi connectivity index (χ3v) is 3.05. The number of halogens is 2. The second kappa shape index (κ2) is 4.94. The van der Waals surface area contributed by atoms with Crippen LogP contribution < -0.4 is 5.32 Å². The number of nitrogens with one attached hydrogen (secondary N) is 1. The molecule has 0 atom stereocenters. The minimum Gasteiger partial charge on any atom is -0.348 e. The Kier molecular flexibility index (Phi) is 3.54. The minimum atomic E-state index is -0.218. The molecule has 1 aromatic heterocycles. The smallest absolute Gasteiger partial charge is 0.235 e. The van der Waals surface area contributed by atoms with Gasteiger partial charge >= 0.3 is 0 Å². The lowest BCUT2D eigenvalue weighted by Gasteiger charge is -2.04. The lowest BCUT2D eigenvalue weighted by Crippen LogP contribution is -2.25. The number of fused-ring (bicyclic) bond motifs is 1. The second-order valence-electron chi connectivity index (χ2n) is 3.60. The van der Waals surface area contributed by atoms with Crippen LogP contribution in [0.25, 0.3) is 11.0 Å². The molecule has 0 unspecified atom stereocenters. The summed E-state index contributed by atoms with van der Waals surface area (Å²) >= 11 is 11.5. The maximum Gasteiger partial charge on any atom is 0.235 e. The zero-order chi connectivity index (χ0) is 12.4. The molecule has 1 N–H and O–H groups in total. The summed E-state index contributed by atoms with van der Waals surface area (Å²) in [5.74, 6) is 0.474. The van der Waals surface area contributed by atoms with Crippen molar-refractivity contribution in [3.05, 3.63) is 29.0 Å².